The third-order valence-corrected chi connectivity index (χ3v) is 8.57. The van der Waals surface area contributed by atoms with Crippen molar-refractivity contribution in [3.63, 3.8) is 0 Å². The smallest absolute Gasteiger partial charge is 0.397 e. The summed E-state index contributed by atoms with van der Waals surface area (Å²) in [5, 5.41) is 32.2. The number of aliphatic hydroxyl groups excluding tert-OH is 3. The number of anilines is 2. The van der Waals surface area contributed by atoms with Gasteiger partial charge in [-0.2, -0.15) is 4.98 Å². The van der Waals surface area contributed by atoms with Crippen LogP contribution in [0.4, 0.5) is 11.6 Å². The van der Waals surface area contributed by atoms with Crippen LogP contribution in [0.1, 0.15) is 12.5 Å². The van der Waals surface area contributed by atoms with Crippen LogP contribution in [0.15, 0.2) is 29.7 Å². The molecule has 2 unspecified atom stereocenters. The van der Waals surface area contributed by atoms with Crippen LogP contribution in [0, 0.1) is 0 Å². The van der Waals surface area contributed by atoms with Gasteiger partial charge in [0.25, 0.3) is 5.56 Å². The number of nitrogens with two attached hydrogens (primary N) is 2. The van der Waals surface area contributed by atoms with E-state index < -0.39 is 83.9 Å². The van der Waals surface area contributed by atoms with E-state index in [1.807, 2.05) is 0 Å². The lowest BCUT2D eigenvalue weighted by molar-refractivity contribution is -0.0609. The van der Waals surface area contributed by atoms with Crippen molar-refractivity contribution in [3.05, 3.63) is 35.3 Å². The third kappa shape index (κ3) is 5.99. The van der Waals surface area contributed by atoms with Gasteiger partial charge in [0.05, 0.1) is 31.6 Å². The van der Waals surface area contributed by atoms with Gasteiger partial charge >= 0.3 is 16.1 Å². The second-order valence-corrected chi connectivity index (χ2v) is 12.2. The number of fused-ring (bicyclic) bond motifs is 2. The van der Waals surface area contributed by atoms with Crippen molar-refractivity contribution >= 4 is 50.0 Å². The summed E-state index contributed by atoms with van der Waals surface area (Å²) < 4.78 is 53.1. The van der Waals surface area contributed by atoms with Crippen LogP contribution in [0.5, 0.6) is 0 Å². The summed E-state index contributed by atoms with van der Waals surface area (Å²) in [4.78, 5) is 50.4. The number of aromatic nitrogens is 7. The predicted molar refractivity (Wildman–Crippen MR) is 148 cm³/mol. The van der Waals surface area contributed by atoms with Crippen molar-refractivity contribution in [2.45, 2.75) is 49.1 Å². The molecule has 22 nitrogen and oxygen atoms in total. The number of phosphoric ester groups is 1. The molecule has 0 spiro atoms. The molecular weight excluding hydrogens is 648 g/mol. The first-order valence-electron chi connectivity index (χ1n) is 13.0. The number of nitrogens with zero attached hydrogens (tertiary/aromatic N) is 6. The number of nitrogens with one attached hydrogen (secondary N) is 1. The average molecular weight is 675 g/mol. The van der Waals surface area contributed by atoms with Crippen molar-refractivity contribution in [1.82, 2.24) is 34.1 Å². The van der Waals surface area contributed by atoms with Gasteiger partial charge in [-0.25, -0.2) is 19.5 Å². The lowest BCUT2D eigenvalue weighted by atomic mass is 10.1. The minimum Gasteiger partial charge on any atom is -0.397 e. The molecule has 0 bridgehead atoms. The zero-order valence-electron chi connectivity index (χ0n) is 22.6. The van der Waals surface area contributed by atoms with Crippen molar-refractivity contribution in [2.24, 2.45) is 0 Å². The van der Waals surface area contributed by atoms with E-state index in [4.69, 9.17) is 34.9 Å². The summed E-state index contributed by atoms with van der Waals surface area (Å²) >= 11 is 0. The molecule has 0 radical (unpaired) electrons. The van der Waals surface area contributed by atoms with E-state index in [-0.39, 0.29) is 22.8 Å². The highest BCUT2D eigenvalue weighted by Crippen LogP contribution is 2.50. The number of H-pyrrole nitrogens is 1. The Labute approximate surface area is 250 Å². The highest BCUT2D eigenvalue weighted by molar-refractivity contribution is 7.47. The lowest BCUT2D eigenvalue weighted by Crippen LogP contribution is -2.36. The van der Waals surface area contributed by atoms with Gasteiger partial charge in [0, 0.05) is 6.20 Å². The fourth-order valence-electron chi connectivity index (χ4n) is 5.06. The summed E-state index contributed by atoms with van der Waals surface area (Å²) in [6, 6.07) is 1.53. The molecule has 10 atom stereocenters. The average Bonchev–Trinajstić information content (AvgIpc) is 3.73. The largest absolute Gasteiger partial charge is 0.472 e. The fourth-order valence-corrected chi connectivity index (χ4v) is 6.30. The van der Waals surface area contributed by atoms with E-state index >= 15 is 0 Å². The highest BCUT2D eigenvalue weighted by Gasteiger charge is 2.51. The van der Waals surface area contributed by atoms with Crippen molar-refractivity contribution < 1.29 is 57.3 Å². The van der Waals surface area contributed by atoms with E-state index in [1.165, 1.54) is 23.2 Å². The van der Waals surface area contributed by atoms with Crippen molar-refractivity contribution in [1.29, 1.82) is 0 Å². The zero-order chi connectivity index (χ0) is 32.2. The maximum atomic E-state index is 13.1. The normalized spacial score (nSPS) is 30.7. The Hall–Kier alpha value is -3.37. The Bertz CT molecular complexity index is 1850. The van der Waals surface area contributed by atoms with E-state index in [0.29, 0.717) is 11.2 Å². The van der Waals surface area contributed by atoms with Crippen molar-refractivity contribution in [2.75, 3.05) is 24.7 Å². The molecule has 244 valence electrons. The second-order valence-electron chi connectivity index (χ2n) is 10.0. The van der Waals surface area contributed by atoms with E-state index in [9.17, 15) is 34.1 Å². The van der Waals surface area contributed by atoms with E-state index in [1.54, 1.807) is 0 Å². The Morgan fingerprint density at radius 1 is 0.978 bits per heavy atom. The van der Waals surface area contributed by atoms with Gasteiger partial charge in [-0.05, 0) is 6.07 Å². The van der Waals surface area contributed by atoms with Crippen LogP contribution in [0.2, 0.25) is 0 Å². The number of aliphatic hydroxyl groups is 3. The van der Waals surface area contributed by atoms with Gasteiger partial charge in [0.1, 0.15) is 42.1 Å². The molecule has 2 aliphatic rings. The predicted octanol–water partition coefficient (Wildman–Crippen LogP) is -2.49. The maximum absolute atomic E-state index is 13.1. The van der Waals surface area contributed by atoms with E-state index in [2.05, 4.69) is 29.4 Å². The summed E-state index contributed by atoms with van der Waals surface area (Å²) in [6.07, 6.45) is -8.31. The number of aromatic amines is 1. The Morgan fingerprint density at radius 2 is 1.64 bits per heavy atom. The van der Waals surface area contributed by atoms with Crippen LogP contribution in [0.3, 0.4) is 0 Å². The molecule has 2 fully saturated rings. The number of imidazole rings is 2. The number of rotatable bonds is 10. The molecule has 6 rings (SSSR count). The van der Waals surface area contributed by atoms with Crippen LogP contribution in [-0.2, 0) is 32.2 Å². The Balaban J connectivity index is 1.20. The molecule has 45 heavy (non-hydrogen) atoms. The molecule has 4 aromatic rings. The van der Waals surface area contributed by atoms with Gasteiger partial charge < -0.3 is 50.6 Å². The third-order valence-electron chi connectivity index (χ3n) is 7.17. The lowest BCUT2D eigenvalue weighted by Gasteiger charge is -2.25. The molecule has 2 saturated heterocycles. The van der Waals surface area contributed by atoms with Gasteiger partial charge in [0.2, 0.25) is 5.95 Å². The molecule has 0 aliphatic carbocycles. The first-order chi connectivity index (χ1) is 21.3. The molecule has 2 aliphatic heterocycles. The SMILES string of the molecule is Nc1nc2c(ncn2[C@@H]2O[C@H](CO[PH](=O)O)[C@@H](O)[C@H]2OP(=O)(O)OC[C@H]2O[C@@H](n3cnc4c(N)ccnc43)[C@H](O)[C@@H]2O)c(=O)[nH]1. The highest BCUT2D eigenvalue weighted by atomic mass is 31.2. The zero-order valence-corrected chi connectivity index (χ0v) is 24.5. The number of hydrogen-bond donors (Lipinski definition) is 8. The van der Waals surface area contributed by atoms with Gasteiger partial charge in [-0.15, -0.1) is 0 Å². The summed E-state index contributed by atoms with van der Waals surface area (Å²) in [7, 11) is -8.59. The summed E-state index contributed by atoms with van der Waals surface area (Å²) in [6.45, 7) is -1.41. The van der Waals surface area contributed by atoms with Gasteiger partial charge in [-0.1, -0.05) is 0 Å². The quantitative estimate of drug-likeness (QED) is 0.0806. The number of phosphoric acid groups is 1. The van der Waals surface area contributed by atoms with Crippen LogP contribution < -0.4 is 17.0 Å². The standard InChI is InChI=1S/C21H27N9O13P2/c22-7-1-2-24-16-10(7)25-5-29(16)19-14(33)12(31)9(41-19)4-40-45(37,38)43-15-13(32)8(3-39-44(35)36)42-20(15)30-6-26-11-17(30)27-21(23)28-18(11)34/h1-2,5-6,8-9,12-15,19-20,31-33,44H,3-4H2,(H2,22,24)(H,35,36)(H,37,38)(H3,23,27,28,34)/t8-,9-,12-,13-,14-,15-,19-,20-/m1/s1. The minimum absolute atomic E-state index is 0.140. The topological polar surface area (TPSA) is 328 Å². The molecule has 0 saturated carbocycles. The summed E-state index contributed by atoms with van der Waals surface area (Å²) in [5.74, 6) is -0.293. The first kappa shape index (κ1) is 31.6. The molecular formula is C21H27N9O13P2. The molecule has 10 N–H and O–H groups in total. The van der Waals surface area contributed by atoms with Crippen LogP contribution in [0.25, 0.3) is 22.3 Å². The number of pyridine rings is 1. The van der Waals surface area contributed by atoms with E-state index in [0.717, 1.165) is 10.9 Å². The van der Waals surface area contributed by atoms with Gasteiger partial charge in [-0.3, -0.25) is 32.5 Å². The van der Waals surface area contributed by atoms with Crippen LogP contribution >= 0.6 is 16.1 Å². The van der Waals surface area contributed by atoms with Crippen LogP contribution in [-0.4, -0.2) is 109 Å². The summed E-state index contributed by atoms with van der Waals surface area (Å²) in [5.41, 5.74) is 11.4. The fraction of sp³-hybridized carbons (Fsp3) is 0.476. The molecule has 0 aromatic carbocycles. The minimum atomic E-state index is -5.14. The Kier molecular flexibility index (Phi) is 8.50. The monoisotopic (exact) mass is 675 g/mol. The van der Waals surface area contributed by atoms with Gasteiger partial charge in [0.15, 0.2) is 29.3 Å². The maximum Gasteiger partial charge on any atom is 0.472 e. The Morgan fingerprint density at radius 3 is 2.38 bits per heavy atom. The molecule has 0 amide bonds. The molecule has 4 aromatic heterocycles. The second kappa shape index (κ2) is 12.1. The number of hydrogen-bond acceptors (Lipinski definition) is 17. The number of ether oxygens (including phenoxy) is 2. The van der Waals surface area contributed by atoms with Crippen molar-refractivity contribution in [3.8, 4) is 0 Å². The molecule has 24 heteroatoms. The first-order valence-corrected chi connectivity index (χ1v) is 15.8. The molecule has 6 heterocycles. The number of nitrogen functional groups attached to an aromatic ring is 2.